The Morgan fingerprint density at radius 2 is 1.10 bits per heavy atom. The smallest absolute Gasteiger partial charge is 0.306 e. The van der Waals surface area contributed by atoms with E-state index in [-0.39, 0.29) is 18.5 Å². The van der Waals surface area contributed by atoms with Crippen molar-refractivity contribution in [1.82, 2.24) is 0 Å². The van der Waals surface area contributed by atoms with Crippen LogP contribution in [0.25, 0.3) is 0 Å². The molecule has 0 aromatic carbocycles. The zero-order chi connectivity index (χ0) is 28.7. The minimum atomic E-state index is -0.735. The first-order chi connectivity index (χ1) is 19.1. The first-order valence-corrected chi connectivity index (χ1v) is 16.1. The zero-order valence-electron chi connectivity index (χ0n) is 25.4. The largest absolute Gasteiger partial charge is 0.481 e. The molecule has 4 nitrogen and oxygen atoms in total. The molecule has 0 rings (SSSR count). The Bertz CT molecular complexity index is 674. The van der Waals surface area contributed by atoms with Crippen LogP contribution in [0.5, 0.6) is 0 Å². The third kappa shape index (κ3) is 30.3. The van der Waals surface area contributed by atoms with Crippen LogP contribution in [0.15, 0.2) is 48.6 Å². The molecule has 1 unspecified atom stereocenters. The molecule has 0 aliphatic carbocycles. The van der Waals surface area contributed by atoms with E-state index in [9.17, 15) is 9.59 Å². The van der Waals surface area contributed by atoms with Gasteiger partial charge in [-0.2, -0.15) is 0 Å². The minimum Gasteiger partial charge on any atom is -0.481 e. The standard InChI is InChI=1S/C35H60O4/c1-3-5-7-9-10-11-12-13-14-15-16-17-18-19-24-28-32-35(38)39-33(29-25-21-8-6-4-2)30-26-22-20-23-27-31-34(36)37/h6,8,14-15,25-26,29-30,33H,3-5,7,9-13,16-24,27-28,31-32H2,1-2H3,(H,36,37)/b8-6-,15-14-,29-25-,30-26-. The minimum absolute atomic E-state index is 0.131. The number of allylic oxidation sites excluding steroid dienone is 6. The van der Waals surface area contributed by atoms with Gasteiger partial charge >= 0.3 is 11.9 Å². The number of hydrogen-bond acceptors (Lipinski definition) is 3. The van der Waals surface area contributed by atoms with Gasteiger partial charge in [0.15, 0.2) is 0 Å². The van der Waals surface area contributed by atoms with Crippen LogP contribution in [0, 0.1) is 0 Å². The molecule has 39 heavy (non-hydrogen) atoms. The maximum absolute atomic E-state index is 12.4. The molecule has 4 heteroatoms. The molecule has 0 amide bonds. The van der Waals surface area contributed by atoms with E-state index in [2.05, 4.69) is 38.2 Å². The van der Waals surface area contributed by atoms with Crippen molar-refractivity contribution in [3.8, 4) is 0 Å². The Morgan fingerprint density at radius 3 is 1.72 bits per heavy atom. The van der Waals surface area contributed by atoms with E-state index in [1.54, 1.807) is 0 Å². The second-order valence-corrected chi connectivity index (χ2v) is 10.6. The van der Waals surface area contributed by atoms with E-state index >= 15 is 0 Å². The number of carbonyl (C=O) groups is 2. The SMILES string of the molecule is CC/C=C\C/C=C\C(/C=C\CCCCCC(=O)O)OC(=O)CCCCCCC/C=C\CCCCCCCCC. The van der Waals surface area contributed by atoms with Gasteiger partial charge in [-0.25, -0.2) is 0 Å². The van der Waals surface area contributed by atoms with Gasteiger partial charge in [-0.05, 0) is 76.4 Å². The van der Waals surface area contributed by atoms with Gasteiger partial charge in [-0.3, -0.25) is 9.59 Å². The summed E-state index contributed by atoms with van der Waals surface area (Å²) in [5, 5.41) is 8.72. The van der Waals surface area contributed by atoms with Gasteiger partial charge in [-0.15, -0.1) is 0 Å². The zero-order valence-corrected chi connectivity index (χ0v) is 25.4. The number of carboxylic acids is 1. The maximum Gasteiger partial charge on any atom is 0.306 e. The summed E-state index contributed by atoms with van der Waals surface area (Å²) in [6.07, 6.45) is 40.2. The Balaban J connectivity index is 3.99. The predicted molar refractivity (Wildman–Crippen MR) is 167 cm³/mol. The summed E-state index contributed by atoms with van der Waals surface area (Å²) in [6.45, 7) is 4.38. The van der Waals surface area contributed by atoms with E-state index in [0.29, 0.717) is 12.8 Å². The molecule has 0 aromatic rings. The lowest BCUT2D eigenvalue weighted by molar-refractivity contribution is -0.145. The van der Waals surface area contributed by atoms with Gasteiger partial charge in [-0.1, -0.05) is 115 Å². The van der Waals surface area contributed by atoms with Crippen LogP contribution in [0.3, 0.4) is 0 Å². The highest BCUT2D eigenvalue weighted by atomic mass is 16.5. The van der Waals surface area contributed by atoms with E-state index in [1.807, 2.05) is 24.3 Å². The monoisotopic (exact) mass is 544 g/mol. The van der Waals surface area contributed by atoms with E-state index in [4.69, 9.17) is 9.84 Å². The molecule has 0 aliphatic heterocycles. The number of carbonyl (C=O) groups excluding carboxylic acids is 1. The Kier molecular flexibility index (Phi) is 28.8. The lowest BCUT2D eigenvalue weighted by Gasteiger charge is -2.11. The highest BCUT2D eigenvalue weighted by Crippen LogP contribution is 2.12. The normalized spacial score (nSPS) is 12.9. The number of ether oxygens (including phenoxy) is 1. The summed E-state index contributed by atoms with van der Waals surface area (Å²) in [6, 6.07) is 0. The van der Waals surface area contributed by atoms with Crippen molar-refractivity contribution in [2.45, 2.75) is 161 Å². The summed E-state index contributed by atoms with van der Waals surface area (Å²) in [7, 11) is 0. The molecule has 0 aliphatic rings. The summed E-state index contributed by atoms with van der Waals surface area (Å²) >= 11 is 0. The third-order valence-electron chi connectivity index (χ3n) is 6.75. The number of unbranched alkanes of at least 4 members (excludes halogenated alkanes) is 15. The van der Waals surface area contributed by atoms with Crippen LogP contribution in [0.2, 0.25) is 0 Å². The molecule has 0 radical (unpaired) electrons. The molecule has 1 atom stereocenters. The van der Waals surface area contributed by atoms with Crippen LogP contribution in [-0.2, 0) is 14.3 Å². The molecule has 0 bridgehead atoms. The number of carboxylic acid groups (broad SMARTS) is 1. The average Bonchev–Trinajstić information content (AvgIpc) is 2.91. The fourth-order valence-electron chi connectivity index (χ4n) is 4.37. The van der Waals surface area contributed by atoms with Crippen molar-refractivity contribution in [3.63, 3.8) is 0 Å². The Morgan fingerprint density at radius 1 is 0.590 bits per heavy atom. The van der Waals surface area contributed by atoms with Crippen LogP contribution in [-0.4, -0.2) is 23.1 Å². The van der Waals surface area contributed by atoms with E-state index < -0.39 is 5.97 Å². The van der Waals surface area contributed by atoms with Gasteiger partial charge in [0, 0.05) is 12.8 Å². The third-order valence-corrected chi connectivity index (χ3v) is 6.75. The van der Waals surface area contributed by atoms with Crippen LogP contribution in [0.4, 0.5) is 0 Å². The maximum atomic E-state index is 12.4. The van der Waals surface area contributed by atoms with Crippen molar-refractivity contribution < 1.29 is 19.4 Å². The van der Waals surface area contributed by atoms with Crippen LogP contribution < -0.4 is 0 Å². The topological polar surface area (TPSA) is 63.6 Å². The number of aliphatic carboxylic acids is 1. The summed E-state index contributed by atoms with van der Waals surface area (Å²) in [5.74, 6) is -0.866. The van der Waals surface area contributed by atoms with Gasteiger partial charge in [0.2, 0.25) is 0 Å². The number of rotatable bonds is 28. The van der Waals surface area contributed by atoms with Crippen LogP contribution in [0.1, 0.15) is 155 Å². The highest BCUT2D eigenvalue weighted by Gasteiger charge is 2.08. The fourth-order valence-corrected chi connectivity index (χ4v) is 4.37. The Labute approximate surface area is 241 Å². The highest BCUT2D eigenvalue weighted by molar-refractivity contribution is 5.69. The predicted octanol–water partition coefficient (Wildman–Crippen LogP) is 10.8. The molecular weight excluding hydrogens is 484 g/mol. The number of esters is 1. The quantitative estimate of drug-likeness (QED) is 0.0604. The average molecular weight is 545 g/mol. The van der Waals surface area contributed by atoms with E-state index in [1.165, 1.54) is 77.0 Å². The van der Waals surface area contributed by atoms with Gasteiger partial charge < -0.3 is 9.84 Å². The van der Waals surface area contributed by atoms with Gasteiger partial charge in [0.25, 0.3) is 0 Å². The molecule has 1 N–H and O–H groups in total. The van der Waals surface area contributed by atoms with Gasteiger partial charge in [0.1, 0.15) is 6.10 Å². The van der Waals surface area contributed by atoms with Crippen molar-refractivity contribution in [2.75, 3.05) is 0 Å². The van der Waals surface area contributed by atoms with Crippen LogP contribution >= 0.6 is 0 Å². The van der Waals surface area contributed by atoms with Crippen molar-refractivity contribution in [2.24, 2.45) is 0 Å². The molecule has 0 heterocycles. The van der Waals surface area contributed by atoms with E-state index in [0.717, 1.165) is 44.9 Å². The lowest BCUT2D eigenvalue weighted by atomic mass is 10.1. The first kappa shape index (κ1) is 36.9. The second-order valence-electron chi connectivity index (χ2n) is 10.6. The summed E-state index contributed by atoms with van der Waals surface area (Å²) in [5.41, 5.74) is 0. The molecule has 0 saturated heterocycles. The molecule has 0 aromatic heterocycles. The Hall–Kier alpha value is -2.10. The second kappa shape index (κ2) is 30.4. The molecule has 224 valence electrons. The molecule has 0 saturated carbocycles. The molecule has 0 fully saturated rings. The van der Waals surface area contributed by atoms with Gasteiger partial charge in [0.05, 0.1) is 0 Å². The molecule has 0 spiro atoms. The lowest BCUT2D eigenvalue weighted by Crippen LogP contribution is -2.13. The first-order valence-electron chi connectivity index (χ1n) is 16.1. The van der Waals surface area contributed by atoms with Crippen molar-refractivity contribution in [1.29, 1.82) is 0 Å². The van der Waals surface area contributed by atoms with Crippen molar-refractivity contribution in [3.05, 3.63) is 48.6 Å². The summed E-state index contributed by atoms with van der Waals surface area (Å²) < 4.78 is 5.72. The van der Waals surface area contributed by atoms with Crippen molar-refractivity contribution >= 4 is 11.9 Å². The number of hydrogen-bond donors (Lipinski definition) is 1. The molecular formula is C35H60O4. The fraction of sp³-hybridized carbons (Fsp3) is 0.714. The summed E-state index contributed by atoms with van der Waals surface area (Å²) in [4.78, 5) is 23.0.